The average Bonchev–Trinajstić information content (AvgIpc) is 2.32. The van der Waals surface area contributed by atoms with Crippen LogP contribution >= 0.6 is 23.5 Å². The van der Waals surface area contributed by atoms with Gasteiger partial charge in [-0.2, -0.15) is 10.5 Å². The summed E-state index contributed by atoms with van der Waals surface area (Å²) in [6, 6.07) is 12.4. The molecule has 0 bridgehead atoms. The van der Waals surface area contributed by atoms with Crippen LogP contribution in [0.25, 0.3) is 0 Å². The van der Waals surface area contributed by atoms with Gasteiger partial charge in [-0.3, -0.25) is 0 Å². The molecule has 4 heteroatoms. The van der Waals surface area contributed by atoms with Gasteiger partial charge < -0.3 is 0 Å². The van der Waals surface area contributed by atoms with E-state index in [4.69, 9.17) is 10.5 Å². The van der Waals surface area contributed by atoms with Crippen molar-refractivity contribution in [3.8, 4) is 12.1 Å². The zero-order chi connectivity index (χ0) is 11.6. The molecule has 0 aliphatic heterocycles. The summed E-state index contributed by atoms with van der Waals surface area (Å²) in [6.07, 6.45) is 1.14. The molecule has 0 fully saturated rings. The van der Waals surface area contributed by atoms with Gasteiger partial charge in [0.05, 0.1) is 12.1 Å². The maximum absolute atomic E-state index is 8.48. The molecule has 0 aliphatic rings. The lowest BCUT2D eigenvalue weighted by atomic mass is 10.4. The second-order valence-corrected chi connectivity index (χ2v) is 5.23. The van der Waals surface area contributed by atoms with Crippen LogP contribution in [0.4, 0.5) is 0 Å². The molecule has 0 radical (unpaired) electrons. The maximum Gasteiger partial charge on any atom is 0.0630 e. The third-order valence-corrected chi connectivity index (χ3v) is 4.07. The van der Waals surface area contributed by atoms with Crippen LogP contribution in [0.15, 0.2) is 34.1 Å². The molecule has 82 valence electrons. The Labute approximate surface area is 105 Å². The lowest BCUT2D eigenvalue weighted by molar-refractivity contribution is 1.19. The first kappa shape index (κ1) is 13.0. The molecule has 0 aromatic heterocycles. The minimum atomic E-state index is 0.571. The summed E-state index contributed by atoms with van der Waals surface area (Å²) in [5.74, 6) is 1.65. The molecule has 0 amide bonds. The van der Waals surface area contributed by atoms with Crippen LogP contribution in [0.2, 0.25) is 0 Å². The van der Waals surface area contributed by atoms with Crippen LogP contribution in [-0.4, -0.2) is 11.5 Å². The van der Waals surface area contributed by atoms with Gasteiger partial charge in [0, 0.05) is 34.1 Å². The minimum Gasteiger partial charge on any atom is -0.198 e. The van der Waals surface area contributed by atoms with E-state index in [2.05, 4.69) is 24.3 Å². The Morgan fingerprint density at radius 2 is 1.31 bits per heavy atom. The van der Waals surface area contributed by atoms with E-state index in [-0.39, 0.29) is 0 Å². The van der Waals surface area contributed by atoms with Crippen LogP contribution in [0, 0.1) is 22.7 Å². The molecular weight excluding hydrogens is 236 g/mol. The van der Waals surface area contributed by atoms with Gasteiger partial charge in [-0.05, 0) is 12.1 Å². The lowest BCUT2D eigenvalue weighted by Crippen LogP contribution is -1.83. The third kappa shape index (κ3) is 4.61. The third-order valence-electron chi connectivity index (χ3n) is 1.79. The van der Waals surface area contributed by atoms with E-state index < -0.39 is 0 Å². The molecular formula is C12H12N2S2. The maximum atomic E-state index is 8.48. The van der Waals surface area contributed by atoms with E-state index >= 15 is 0 Å². The topological polar surface area (TPSA) is 47.6 Å². The summed E-state index contributed by atoms with van der Waals surface area (Å²) in [5, 5.41) is 17.0. The predicted octanol–water partition coefficient (Wildman–Crippen LogP) is 3.70. The Morgan fingerprint density at radius 3 is 1.69 bits per heavy atom. The highest BCUT2D eigenvalue weighted by molar-refractivity contribution is 8.02. The van der Waals surface area contributed by atoms with Crippen LogP contribution < -0.4 is 0 Å². The van der Waals surface area contributed by atoms with Crippen molar-refractivity contribution in [1.82, 2.24) is 0 Å². The average molecular weight is 248 g/mol. The zero-order valence-corrected chi connectivity index (χ0v) is 10.5. The Balaban J connectivity index is 2.54. The highest BCUT2D eigenvalue weighted by Crippen LogP contribution is 2.31. The molecule has 0 heterocycles. The number of hydrogen-bond acceptors (Lipinski definition) is 4. The predicted molar refractivity (Wildman–Crippen MR) is 68.4 cm³/mol. The van der Waals surface area contributed by atoms with Crippen molar-refractivity contribution in [2.24, 2.45) is 0 Å². The van der Waals surface area contributed by atoms with Crippen molar-refractivity contribution in [3.05, 3.63) is 24.3 Å². The van der Waals surface area contributed by atoms with Crippen LogP contribution in [0.5, 0.6) is 0 Å². The number of benzene rings is 1. The molecule has 1 rings (SSSR count). The van der Waals surface area contributed by atoms with Crippen molar-refractivity contribution in [1.29, 1.82) is 10.5 Å². The van der Waals surface area contributed by atoms with Crippen molar-refractivity contribution in [2.45, 2.75) is 22.6 Å². The Hall–Kier alpha value is -1.10. The summed E-state index contributed by atoms with van der Waals surface area (Å²) >= 11 is 3.41. The fourth-order valence-corrected chi connectivity index (χ4v) is 3.05. The Kier molecular flexibility index (Phi) is 6.56. The minimum absolute atomic E-state index is 0.571. The molecule has 1 aromatic rings. The van der Waals surface area contributed by atoms with Gasteiger partial charge in [0.15, 0.2) is 0 Å². The quantitative estimate of drug-likeness (QED) is 0.569. The zero-order valence-electron chi connectivity index (χ0n) is 8.85. The van der Waals surface area contributed by atoms with Crippen molar-refractivity contribution in [2.75, 3.05) is 11.5 Å². The number of nitriles is 2. The van der Waals surface area contributed by atoms with Crippen LogP contribution in [0.3, 0.4) is 0 Å². The van der Waals surface area contributed by atoms with Crippen LogP contribution in [0.1, 0.15) is 12.8 Å². The van der Waals surface area contributed by atoms with Gasteiger partial charge in [-0.1, -0.05) is 12.1 Å². The van der Waals surface area contributed by atoms with Crippen molar-refractivity contribution in [3.63, 3.8) is 0 Å². The molecule has 0 N–H and O–H groups in total. The SMILES string of the molecule is N#CCCSc1ccccc1SCCC#N. The summed E-state index contributed by atoms with van der Waals surface area (Å²) in [6.45, 7) is 0. The Morgan fingerprint density at radius 1 is 0.875 bits per heavy atom. The largest absolute Gasteiger partial charge is 0.198 e. The molecule has 0 spiro atoms. The molecule has 0 saturated heterocycles. The molecule has 0 saturated carbocycles. The first-order valence-electron chi connectivity index (χ1n) is 4.97. The van der Waals surface area contributed by atoms with Gasteiger partial charge >= 0.3 is 0 Å². The first-order chi connectivity index (χ1) is 7.88. The highest BCUT2D eigenvalue weighted by atomic mass is 32.2. The van der Waals surface area contributed by atoms with Gasteiger partial charge in [-0.25, -0.2) is 0 Å². The molecule has 1 aromatic carbocycles. The van der Waals surface area contributed by atoms with E-state index in [1.807, 2.05) is 12.1 Å². The standard InChI is InChI=1S/C12H12N2S2/c13-7-3-9-15-11-5-1-2-6-12(11)16-10-4-8-14/h1-2,5-6H,3-4,9-10H2. The van der Waals surface area contributed by atoms with Gasteiger partial charge in [0.2, 0.25) is 0 Å². The summed E-state index contributed by atoms with van der Waals surface area (Å²) < 4.78 is 0. The molecule has 0 unspecified atom stereocenters. The normalized spacial score (nSPS) is 9.38. The number of rotatable bonds is 6. The second-order valence-electron chi connectivity index (χ2n) is 2.96. The van der Waals surface area contributed by atoms with Gasteiger partial charge in [0.1, 0.15) is 0 Å². The number of thioether (sulfide) groups is 2. The monoisotopic (exact) mass is 248 g/mol. The van der Waals surface area contributed by atoms with E-state index in [0.717, 1.165) is 11.5 Å². The highest BCUT2D eigenvalue weighted by Gasteiger charge is 2.02. The van der Waals surface area contributed by atoms with E-state index in [9.17, 15) is 0 Å². The molecule has 2 nitrogen and oxygen atoms in total. The van der Waals surface area contributed by atoms with E-state index in [1.54, 1.807) is 23.5 Å². The number of nitrogens with zero attached hydrogens (tertiary/aromatic N) is 2. The summed E-state index contributed by atoms with van der Waals surface area (Å²) in [7, 11) is 0. The smallest absolute Gasteiger partial charge is 0.0630 e. The van der Waals surface area contributed by atoms with Gasteiger partial charge in [-0.15, -0.1) is 23.5 Å². The summed E-state index contributed by atoms with van der Waals surface area (Å²) in [5.41, 5.74) is 0. The van der Waals surface area contributed by atoms with E-state index in [1.165, 1.54) is 9.79 Å². The second kappa shape index (κ2) is 8.10. The van der Waals surface area contributed by atoms with Gasteiger partial charge in [0.25, 0.3) is 0 Å². The van der Waals surface area contributed by atoms with Crippen LogP contribution in [-0.2, 0) is 0 Å². The molecule has 0 aliphatic carbocycles. The van der Waals surface area contributed by atoms with Crippen molar-refractivity contribution >= 4 is 23.5 Å². The lowest BCUT2D eigenvalue weighted by Gasteiger charge is -2.06. The van der Waals surface area contributed by atoms with E-state index in [0.29, 0.717) is 12.8 Å². The summed E-state index contributed by atoms with van der Waals surface area (Å²) in [4.78, 5) is 2.42. The van der Waals surface area contributed by atoms with Crippen molar-refractivity contribution < 1.29 is 0 Å². The molecule has 0 atom stereocenters. The Bertz CT molecular complexity index is 365. The fourth-order valence-electron chi connectivity index (χ4n) is 1.10. The number of hydrogen-bond donors (Lipinski definition) is 0. The fraction of sp³-hybridized carbons (Fsp3) is 0.333. The first-order valence-corrected chi connectivity index (χ1v) is 6.94. The molecule has 16 heavy (non-hydrogen) atoms.